The van der Waals surface area contributed by atoms with Crippen LogP contribution in [0.25, 0.3) is 17.3 Å². The average molecular weight is 398 g/mol. The van der Waals surface area contributed by atoms with E-state index in [0.29, 0.717) is 23.1 Å². The molecule has 1 N–H and O–H groups in total. The van der Waals surface area contributed by atoms with E-state index in [1.807, 2.05) is 53.4 Å². The van der Waals surface area contributed by atoms with Crippen LogP contribution < -0.4 is 0 Å². The largest absolute Gasteiger partial charge is 0.334 e. The normalized spacial score (nSPS) is 13.8. The number of hydrogen-bond acceptors (Lipinski definition) is 2. The number of rotatable bonds is 3. The van der Waals surface area contributed by atoms with Gasteiger partial charge in [0.1, 0.15) is 0 Å². The number of amides is 1. The zero-order valence-corrected chi connectivity index (χ0v) is 16.0. The van der Waals surface area contributed by atoms with Crippen LogP contribution in [0.3, 0.4) is 0 Å². The Bertz CT molecular complexity index is 1030. The van der Waals surface area contributed by atoms with Crippen molar-refractivity contribution in [2.75, 3.05) is 6.54 Å². The van der Waals surface area contributed by atoms with Crippen LogP contribution in [-0.4, -0.2) is 27.5 Å². The first-order chi connectivity index (χ1) is 13.1. The van der Waals surface area contributed by atoms with E-state index in [0.717, 1.165) is 34.5 Å². The first-order valence-electron chi connectivity index (χ1n) is 8.65. The van der Waals surface area contributed by atoms with E-state index in [-0.39, 0.29) is 5.91 Å². The molecule has 1 aromatic heterocycles. The van der Waals surface area contributed by atoms with Crippen molar-refractivity contribution in [2.45, 2.75) is 13.0 Å². The van der Waals surface area contributed by atoms with Crippen molar-refractivity contribution in [3.63, 3.8) is 0 Å². The lowest BCUT2D eigenvalue weighted by Gasteiger charge is -2.26. The Morgan fingerprint density at radius 2 is 2.00 bits per heavy atom. The van der Waals surface area contributed by atoms with E-state index in [1.165, 1.54) is 0 Å². The average Bonchev–Trinajstić information content (AvgIpc) is 3.10. The van der Waals surface area contributed by atoms with Gasteiger partial charge >= 0.3 is 0 Å². The quantitative estimate of drug-likeness (QED) is 0.633. The third kappa shape index (κ3) is 3.77. The number of fused-ring (bicyclic) bond motifs is 1. The van der Waals surface area contributed by atoms with Gasteiger partial charge in [-0.25, -0.2) is 0 Å². The second kappa shape index (κ2) is 7.59. The van der Waals surface area contributed by atoms with Gasteiger partial charge in [0.15, 0.2) is 0 Å². The van der Waals surface area contributed by atoms with Gasteiger partial charge in [0.2, 0.25) is 5.91 Å². The molecule has 0 spiro atoms. The first kappa shape index (κ1) is 17.8. The second-order valence-corrected chi connectivity index (χ2v) is 7.25. The van der Waals surface area contributed by atoms with Crippen molar-refractivity contribution in [3.05, 3.63) is 81.5 Å². The van der Waals surface area contributed by atoms with Crippen LogP contribution in [0.5, 0.6) is 0 Å². The summed E-state index contributed by atoms with van der Waals surface area (Å²) in [6.45, 7) is 1.16. The van der Waals surface area contributed by atoms with Gasteiger partial charge in [-0.1, -0.05) is 53.5 Å². The molecule has 0 radical (unpaired) electrons. The predicted molar refractivity (Wildman–Crippen MR) is 109 cm³/mol. The molecular weight excluding hydrogens is 381 g/mol. The number of carbonyl (C=O) groups is 1. The molecule has 0 fully saturated rings. The van der Waals surface area contributed by atoms with E-state index in [1.54, 1.807) is 12.2 Å². The number of H-pyrrole nitrogens is 1. The lowest BCUT2D eigenvalue weighted by Crippen LogP contribution is -2.34. The maximum atomic E-state index is 12.7. The molecule has 27 heavy (non-hydrogen) atoms. The number of nitrogens with one attached hydrogen (secondary N) is 1. The number of benzene rings is 2. The van der Waals surface area contributed by atoms with Crippen molar-refractivity contribution >= 4 is 35.2 Å². The van der Waals surface area contributed by atoms with Gasteiger partial charge in [-0.05, 0) is 29.8 Å². The van der Waals surface area contributed by atoms with Crippen LogP contribution in [0.15, 0.2) is 54.6 Å². The van der Waals surface area contributed by atoms with Crippen LogP contribution >= 0.6 is 23.2 Å². The second-order valence-electron chi connectivity index (χ2n) is 6.40. The highest BCUT2D eigenvalue weighted by atomic mass is 35.5. The maximum Gasteiger partial charge on any atom is 0.246 e. The molecule has 6 heteroatoms. The highest BCUT2D eigenvalue weighted by Gasteiger charge is 2.24. The van der Waals surface area contributed by atoms with Crippen LogP contribution in [0, 0.1) is 0 Å². The zero-order chi connectivity index (χ0) is 18.8. The van der Waals surface area contributed by atoms with Crippen molar-refractivity contribution in [2.24, 2.45) is 0 Å². The van der Waals surface area contributed by atoms with Crippen LogP contribution in [0.4, 0.5) is 0 Å². The standard InChI is InChI=1S/C21H17Cl2N3O/c22-16-6-3-5-15(12-16)21-17-13-26(11-10-19(17)24-25-21)20(27)9-8-14-4-1-2-7-18(14)23/h1-9,12H,10-11,13H2,(H,24,25)/b9-8+. The molecule has 1 amide bonds. The summed E-state index contributed by atoms with van der Waals surface area (Å²) in [6, 6.07) is 15.0. The van der Waals surface area contributed by atoms with Gasteiger partial charge in [0, 0.05) is 52.5 Å². The van der Waals surface area contributed by atoms with Crippen molar-refractivity contribution in [3.8, 4) is 11.3 Å². The van der Waals surface area contributed by atoms with Gasteiger partial charge in [0.05, 0.1) is 5.69 Å². The number of hydrogen-bond donors (Lipinski definition) is 1. The van der Waals surface area contributed by atoms with Crippen LogP contribution in [0.1, 0.15) is 16.8 Å². The highest BCUT2D eigenvalue weighted by molar-refractivity contribution is 6.32. The van der Waals surface area contributed by atoms with Crippen molar-refractivity contribution < 1.29 is 4.79 Å². The fourth-order valence-electron chi connectivity index (χ4n) is 3.23. The SMILES string of the molecule is O=C(/C=C/c1ccccc1Cl)N1CCc2[nH]nc(-c3cccc(Cl)c3)c2C1. The third-order valence-corrected chi connectivity index (χ3v) is 5.23. The molecule has 0 saturated heterocycles. The lowest BCUT2D eigenvalue weighted by atomic mass is 10.0. The maximum absolute atomic E-state index is 12.7. The molecule has 0 saturated carbocycles. The number of halogens is 2. The molecule has 0 aliphatic carbocycles. The fraction of sp³-hybridized carbons (Fsp3) is 0.143. The van der Waals surface area contributed by atoms with Gasteiger partial charge < -0.3 is 4.90 Å². The van der Waals surface area contributed by atoms with Crippen molar-refractivity contribution in [1.29, 1.82) is 0 Å². The molecule has 0 unspecified atom stereocenters. The molecule has 0 bridgehead atoms. The molecule has 1 aliphatic heterocycles. The minimum Gasteiger partial charge on any atom is -0.334 e. The van der Waals surface area contributed by atoms with E-state index in [4.69, 9.17) is 23.2 Å². The van der Waals surface area contributed by atoms with Crippen molar-refractivity contribution in [1.82, 2.24) is 15.1 Å². The highest BCUT2D eigenvalue weighted by Crippen LogP contribution is 2.30. The van der Waals surface area contributed by atoms with Crippen LogP contribution in [-0.2, 0) is 17.8 Å². The molecule has 3 aromatic rings. The summed E-state index contributed by atoms with van der Waals surface area (Å²) >= 11 is 12.3. The molecule has 2 aromatic carbocycles. The zero-order valence-electron chi connectivity index (χ0n) is 14.5. The van der Waals surface area contributed by atoms with E-state index < -0.39 is 0 Å². The van der Waals surface area contributed by atoms with Gasteiger partial charge in [-0.15, -0.1) is 0 Å². The fourth-order valence-corrected chi connectivity index (χ4v) is 3.62. The molecule has 0 atom stereocenters. The minimum absolute atomic E-state index is 0.0428. The number of aromatic nitrogens is 2. The van der Waals surface area contributed by atoms with E-state index in [9.17, 15) is 4.79 Å². The number of nitrogens with zero attached hydrogens (tertiary/aromatic N) is 2. The lowest BCUT2D eigenvalue weighted by molar-refractivity contribution is -0.126. The Balaban J connectivity index is 1.55. The summed E-state index contributed by atoms with van der Waals surface area (Å²) < 4.78 is 0. The third-order valence-electron chi connectivity index (χ3n) is 4.65. The smallest absolute Gasteiger partial charge is 0.246 e. The Morgan fingerprint density at radius 1 is 1.15 bits per heavy atom. The summed E-state index contributed by atoms with van der Waals surface area (Å²) in [5.74, 6) is -0.0428. The number of carbonyl (C=O) groups excluding carboxylic acids is 1. The Labute approximate surface area is 167 Å². The van der Waals surface area contributed by atoms with Gasteiger partial charge in [-0.2, -0.15) is 5.10 Å². The molecule has 2 heterocycles. The Hall–Kier alpha value is -2.56. The minimum atomic E-state index is -0.0428. The molecule has 4 nitrogen and oxygen atoms in total. The summed E-state index contributed by atoms with van der Waals surface area (Å²) in [5.41, 5.74) is 4.74. The first-order valence-corrected chi connectivity index (χ1v) is 9.41. The topological polar surface area (TPSA) is 49.0 Å². The Kier molecular flexibility index (Phi) is 5.01. The number of aromatic amines is 1. The van der Waals surface area contributed by atoms with Gasteiger partial charge in [-0.3, -0.25) is 9.89 Å². The van der Waals surface area contributed by atoms with Gasteiger partial charge in [0.25, 0.3) is 0 Å². The monoisotopic (exact) mass is 397 g/mol. The van der Waals surface area contributed by atoms with E-state index >= 15 is 0 Å². The molecule has 136 valence electrons. The summed E-state index contributed by atoms with van der Waals surface area (Å²) in [7, 11) is 0. The van der Waals surface area contributed by atoms with E-state index in [2.05, 4.69) is 10.2 Å². The molecule has 4 rings (SSSR count). The predicted octanol–water partition coefficient (Wildman–Crippen LogP) is 4.98. The molecule has 1 aliphatic rings. The Morgan fingerprint density at radius 3 is 2.81 bits per heavy atom. The summed E-state index contributed by atoms with van der Waals surface area (Å²) in [5, 5.41) is 8.84. The summed E-state index contributed by atoms with van der Waals surface area (Å²) in [6.07, 6.45) is 4.08. The summed E-state index contributed by atoms with van der Waals surface area (Å²) in [4.78, 5) is 14.5. The molecular formula is C21H17Cl2N3O. The van der Waals surface area contributed by atoms with Crippen LogP contribution in [0.2, 0.25) is 10.0 Å².